The minimum Gasteiger partial charge on any atom is -0.439 e. The van der Waals surface area contributed by atoms with Gasteiger partial charge in [0.15, 0.2) is 5.58 Å². The van der Waals surface area contributed by atoms with E-state index in [1.54, 1.807) is 0 Å². The van der Waals surface area contributed by atoms with Crippen LogP contribution in [-0.2, 0) is 6.54 Å². The Kier molecular flexibility index (Phi) is 4.62. The summed E-state index contributed by atoms with van der Waals surface area (Å²) in [4.78, 5) is 9.05. The third kappa shape index (κ3) is 3.29. The number of benzene rings is 1. The first-order chi connectivity index (χ1) is 9.51. The lowest BCUT2D eigenvalue weighted by molar-refractivity contribution is 0.161. The Hall–Kier alpha value is -1.59. The highest BCUT2D eigenvalue weighted by atomic mass is 16.3. The maximum Gasteiger partial charge on any atom is 0.209 e. The fourth-order valence-corrected chi connectivity index (χ4v) is 2.48. The zero-order valence-corrected chi connectivity index (χ0v) is 12.8. The first-order valence-corrected chi connectivity index (χ1v) is 7.04. The van der Waals surface area contributed by atoms with Gasteiger partial charge in [-0.05, 0) is 39.7 Å². The van der Waals surface area contributed by atoms with Crippen molar-refractivity contribution in [2.24, 2.45) is 0 Å². The number of hydrogen-bond acceptors (Lipinski definition) is 5. The van der Waals surface area contributed by atoms with Crippen LogP contribution in [0.3, 0.4) is 0 Å². The molecule has 0 spiro atoms. The number of aromatic nitrogens is 1. The van der Waals surface area contributed by atoms with Crippen molar-refractivity contribution in [2.75, 3.05) is 32.9 Å². The highest BCUT2D eigenvalue weighted by Gasteiger charge is 2.17. The van der Waals surface area contributed by atoms with E-state index in [4.69, 9.17) is 10.2 Å². The predicted octanol–water partition coefficient (Wildman–Crippen LogP) is 2.18. The number of para-hydroxylation sites is 1. The third-order valence-corrected chi connectivity index (χ3v) is 3.49. The summed E-state index contributed by atoms with van der Waals surface area (Å²) in [5, 5.41) is 0. The van der Waals surface area contributed by atoms with Crippen molar-refractivity contribution in [3.8, 4) is 0 Å². The minimum absolute atomic E-state index is 0.447. The SMILES string of the molecule is CCN(Cc1nc2c(N)cccc2o1)C(C)CN(C)C. The number of nitrogens with zero attached hydrogens (tertiary/aromatic N) is 3. The Bertz CT molecular complexity index is 564. The topological polar surface area (TPSA) is 58.5 Å². The molecule has 0 saturated heterocycles. The van der Waals surface area contributed by atoms with Gasteiger partial charge >= 0.3 is 0 Å². The molecule has 0 radical (unpaired) electrons. The summed E-state index contributed by atoms with van der Waals surface area (Å²) in [6.07, 6.45) is 0. The van der Waals surface area contributed by atoms with Gasteiger partial charge in [-0.25, -0.2) is 4.98 Å². The van der Waals surface area contributed by atoms with Crippen molar-refractivity contribution in [3.05, 3.63) is 24.1 Å². The van der Waals surface area contributed by atoms with Crippen molar-refractivity contribution in [1.82, 2.24) is 14.8 Å². The molecule has 110 valence electrons. The minimum atomic E-state index is 0.447. The van der Waals surface area contributed by atoms with Crippen molar-refractivity contribution in [2.45, 2.75) is 26.4 Å². The third-order valence-electron chi connectivity index (χ3n) is 3.49. The fourth-order valence-electron chi connectivity index (χ4n) is 2.48. The van der Waals surface area contributed by atoms with Gasteiger partial charge in [0.2, 0.25) is 5.89 Å². The maximum atomic E-state index is 5.92. The molecule has 0 aliphatic heterocycles. The van der Waals surface area contributed by atoms with Crippen molar-refractivity contribution >= 4 is 16.8 Å². The summed E-state index contributed by atoms with van der Waals surface area (Å²) < 4.78 is 5.79. The number of oxazole rings is 1. The predicted molar refractivity (Wildman–Crippen MR) is 82.5 cm³/mol. The Balaban J connectivity index is 2.15. The van der Waals surface area contributed by atoms with E-state index in [0.29, 0.717) is 18.3 Å². The summed E-state index contributed by atoms with van der Waals surface area (Å²) in [5.74, 6) is 0.727. The van der Waals surface area contributed by atoms with Crippen LogP contribution in [-0.4, -0.2) is 48.0 Å². The van der Waals surface area contributed by atoms with Crippen molar-refractivity contribution in [3.63, 3.8) is 0 Å². The smallest absolute Gasteiger partial charge is 0.209 e. The second-order valence-electron chi connectivity index (χ2n) is 5.48. The molecule has 20 heavy (non-hydrogen) atoms. The van der Waals surface area contributed by atoms with Gasteiger partial charge < -0.3 is 15.1 Å². The highest BCUT2D eigenvalue weighted by Crippen LogP contribution is 2.22. The van der Waals surface area contributed by atoms with Crippen LogP contribution in [0.2, 0.25) is 0 Å². The molecule has 5 nitrogen and oxygen atoms in total. The first-order valence-electron chi connectivity index (χ1n) is 7.04. The lowest BCUT2D eigenvalue weighted by Crippen LogP contribution is -2.39. The summed E-state index contributed by atoms with van der Waals surface area (Å²) in [7, 11) is 4.18. The largest absolute Gasteiger partial charge is 0.439 e. The van der Waals surface area contributed by atoms with E-state index in [1.807, 2.05) is 18.2 Å². The molecule has 2 aromatic rings. The lowest BCUT2D eigenvalue weighted by atomic mass is 10.2. The van der Waals surface area contributed by atoms with Gasteiger partial charge in [-0.2, -0.15) is 0 Å². The monoisotopic (exact) mass is 276 g/mol. The normalized spacial score (nSPS) is 13.5. The Morgan fingerprint density at radius 1 is 1.35 bits per heavy atom. The zero-order chi connectivity index (χ0) is 14.7. The van der Waals surface area contributed by atoms with E-state index in [-0.39, 0.29) is 0 Å². The average molecular weight is 276 g/mol. The van der Waals surface area contributed by atoms with Crippen molar-refractivity contribution < 1.29 is 4.42 Å². The zero-order valence-electron chi connectivity index (χ0n) is 12.8. The molecule has 2 N–H and O–H groups in total. The number of nitrogen functional groups attached to an aromatic ring is 1. The molecule has 0 amide bonds. The maximum absolute atomic E-state index is 5.92. The van der Waals surface area contributed by atoms with Gasteiger partial charge in [0.05, 0.1) is 12.2 Å². The Morgan fingerprint density at radius 2 is 2.10 bits per heavy atom. The van der Waals surface area contributed by atoms with Gasteiger partial charge in [-0.15, -0.1) is 0 Å². The number of fused-ring (bicyclic) bond motifs is 1. The Labute approximate surface area is 120 Å². The first kappa shape index (κ1) is 14.8. The summed E-state index contributed by atoms with van der Waals surface area (Å²) in [5.41, 5.74) is 8.11. The van der Waals surface area contributed by atoms with E-state index in [0.717, 1.165) is 30.1 Å². The molecular formula is C15H24N4O. The molecule has 1 atom stereocenters. The summed E-state index contributed by atoms with van der Waals surface area (Å²) in [6, 6.07) is 6.09. The summed E-state index contributed by atoms with van der Waals surface area (Å²) in [6.45, 7) is 7.06. The van der Waals surface area contributed by atoms with Gasteiger partial charge in [-0.3, -0.25) is 4.90 Å². The van der Waals surface area contributed by atoms with E-state index >= 15 is 0 Å². The van der Waals surface area contributed by atoms with E-state index in [2.05, 4.69) is 42.7 Å². The molecule has 0 aliphatic rings. The van der Waals surface area contributed by atoms with Crippen LogP contribution in [0.25, 0.3) is 11.1 Å². The number of nitrogens with two attached hydrogens (primary N) is 1. The molecule has 1 aromatic heterocycles. The van der Waals surface area contributed by atoms with Crippen LogP contribution in [0, 0.1) is 0 Å². The number of rotatable bonds is 6. The van der Waals surface area contributed by atoms with Crippen LogP contribution in [0.4, 0.5) is 5.69 Å². The van der Waals surface area contributed by atoms with Crippen LogP contribution >= 0.6 is 0 Å². The molecule has 0 fully saturated rings. The molecule has 1 heterocycles. The molecule has 1 aromatic carbocycles. The number of hydrogen-bond donors (Lipinski definition) is 1. The lowest BCUT2D eigenvalue weighted by Gasteiger charge is -2.28. The molecule has 2 rings (SSSR count). The van der Waals surface area contributed by atoms with Crippen LogP contribution in [0.5, 0.6) is 0 Å². The van der Waals surface area contributed by atoms with Gasteiger partial charge in [-0.1, -0.05) is 13.0 Å². The molecular weight excluding hydrogens is 252 g/mol. The highest BCUT2D eigenvalue weighted by molar-refractivity contribution is 5.85. The number of anilines is 1. The average Bonchev–Trinajstić information content (AvgIpc) is 2.79. The van der Waals surface area contributed by atoms with Gasteiger partial charge in [0, 0.05) is 12.6 Å². The standard InChI is InChI=1S/C15H24N4O/c1-5-19(11(2)9-18(3)4)10-14-17-15-12(16)7-6-8-13(15)20-14/h6-8,11H,5,9-10,16H2,1-4H3. The molecule has 0 bridgehead atoms. The quantitative estimate of drug-likeness (QED) is 0.820. The number of likely N-dealkylation sites (N-methyl/N-ethyl adjacent to an activating group) is 2. The molecule has 0 saturated carbocycles. The van der Waals surface area contributed by atoms with Gasteiger partial charge in [0.25, 0.3) is 0 Å². The van der Waals surface area contributed by atoms with Crippen LogP contribution < -0.4 is 5.73 Å². The molecule has 1 unspecified atom stereocenters. The van der Waals surface area contributed by atoms with E-state index < -0.39 is 0 Å². The van der Waals surface area contributed by atoms with Gasteiger partial charge in [0.1, 0.15) is 5.52 Å². The van der Waals surface area contributed by atoms with E-state index in [1.165, 1.54) is 0 Å². The molecule has 5 heteroatoms. The second kappa shape index (κ2) is 6.24. The van der Waals surface area contributed by atoms with Crippen LogP contribution in [0.15, 0.2) is 22.6 Å². The molecule has 0 aliphatic carbocycles. The Morgan fingerprint density at radius 3 is 2.70 bits per heavy atom. The van der Waals surface area contributed by atoms with Crippen LogP contribution in [0.1, 0.15) is 19.7 Å². The fraction of sp³-hybridized carbons (Fsp3) is 0.533. The van der Waals surface area contributed by atoms with E-state index in [9.17, 15) is 0 Å². The second-order valence-corrected chi connectivity index (χ2v) is 5.48. The van der Waals surface area contributed by atoms with Crippen molar-refractivity contribution in [1.29, 1.82) is 0 Å². The summed E-state index contributed by atoms with van der Waals surface area (Å²) >= 11 is 0.